The Morgan fingerprint density at radius 1 is 0.900 bits per heavy atom. The van der Waals surface area contributed by atoms with Gasteiger partial charge >= 0.3 is 0 Å². The molecule has 0 aliphatic carbocycles. The lowest BCUT2D eigenvalue weighted by Crippen LogP contribution is -2.27. The molecule has 5 aromatic rings. The molecule has 3 aromatic heterocycles. The lowest BCUT2D eigenvalue weighted by Gasteiger charge is -2.19. The van der Waals surface area contributed by atoms with Crippen LogP contribution in [-0.2, 0) is 26.9 Å². The van der Waals surface area contributed by atoms with Crippen molar-refractivity contribution in [1.82, 2.24) is 34.4 Å². The summed E-state index contributed by atoms with van der Waals surface area (Å²) in [6, 6.07) is 16.1. The van der Waals surface area contributed by atoms with E-state index >= 15 is 0 Å². The maximum Gasteiger partial charge on any atom is 0.191 e. The Kier molecular flexibility index (Phi) is 7.42. The minimum absolute atomic E-state index is 0.320. The molecule has 1 aliphatic rings. The zero-order valence-corrected chi connectivity index (χ0v) is 24.3. The highest BCUT2D eigenvalue weighted by Gasteiger charge is 2.18. The summed E-state index contributed by atoms with van der Waals surface area (Å²) < 4.78 is 18.4. The monoisotopic (exact) mass is 555 g/mol. The molecule has 0 radical (unpaired) electrons. The minimum atomic E-state index is -0.320. The first kappa shape index (κ1) is 26.7. The molecule has 0 atom stereocenters. The van der Waals surface area contributed by atoms with Crippen molar-refractivity contribution in [2.24, 2.45) is 14.1 Å². The molecule has 9 heteroatoms. The molecule has 0 saturated heterocycles. The van der Waals surface area contributed by atoms with Crippen LogP contribution in [0.5, 0.6) is 0 Å². The zero-order valence-electron chi connectivity index (χ0n) is 23.5. The average molecular weight is 556 g/mol. The molecule has 0 unspecified atom stereocenters. The van der Waals surface area contributed by atoms with E-state index in [0.29, 0.717) is 5.52 Å². The summed E-state index contributed by atoms with van der Waals surface area (Å²) in [6.45, 7) is 7.13. The van der Waals surface area contributed by atoms with Crippen molar-refractivity contribution >= 4 is 22.7 Å². The fourth-order valence-corrected chi connectivity index (χ4v) is 6.47. The number of fused-ring (bicyclic) bond motifs is 2. The number of aryl methyl sites for hydroxylation is 3. The molecular weight excluding hydrogens is 521 g/mol. The molecule has 7 nitrogen and oxygen atoms in total. The third kappa shape index (κ3) is 5.28. The summed E-state index contributed by atoms with van der Waals surface area (Å²) >= 11 is 1.72. The normalized spacial score (nSPS) is 14.0. The lowest BCUT2D eigenvalue weighted by atomic mass is 9.99. The number of hydrogen-bond donors (Lipinski definition) is 0. The number of benzene rings is 2. The molecule has 1 aliphatic heterocycles. The Labute approximate surface area is 238 Å². The van der Waals surface area contributed by atoms with E-state index in [1.54, 1.807) is 17.8 Å². The Morgan fingerprint density at radius 2 is 1.73 bits per heavy atom. The van der Waals surface area contributed by atoms with Crippen molar-refractivity contribution in [2.45, 2.75) is 38.3 Å². The highest BCUT2D eigenvalue weighted by Crippen LogP contribution is 2.31. The topological polar surface area (TPSA) is 64.7 Å². The van der Waals surface area contributed by atoms with Gasteiger partial charge in [0, 0.05) is 55.1 Å². The Morgan fingerprint density at radius 3 is 2.52 bits per heavy atom. The molecule has 2 aromatic carbocycles. The van der Waals surface area contributed by atoms with E-state index in [1.165, 1.54) is 28.5 Å². The van der Waals surface area contributed by atoms with E-state index in [4.69, 9.17) is 0 Å². The van der Waals surface area contributed by atoms with Crippen LogP contribution in [0.1, 0.15) is 28.9 Å². The molecule has 206 valence electrons. The number of hydrogen-bond acceptors (Lipinski definition) is 6. The van der Waals surface area contributed by atoms with Crippen LogP contribution in [0.2, 0.25) is 0 Å². The molecule has 0 spiro atoms. The number of halogens is 1. The number of pyridine rings is 1. The van der Waals surface area contributed by atoms with E-state index in [1.807, 2.05) is 49.3 Å². The van der Waals surface area contributed by atoms with Crippen LogP contribution in [0.15, 0.2) is 53.7 Å². The molecule has 0 amide bonds. The predicted octanol–water partition coefficient (Wildman–Crippen LogP) is 5.77. The second-order valence-electron chi connectivity index (χ2n) is 10.6. The van der Waals surface area contributed by atoms with E-state index in [0.717, 1.165) is 78.0 Å². The van der Waals surface area contributed by atoms with Gasteiger partial charge in [-0.1, -0.05) is 30.0 Å². The van der Waals surface area contributed by atoms with Crippen LogP contribution in [-0.4, -0.2) is 59.8 Å². The number of nitrogens with zero attached hydrogens (tertiary/aromatic N) is 7. The first-order valence-corrected chi connectivity index (χ1v) is 14.8. The molecule has 4 heterocycles. The maximum absolute atomic E-state index is 14.4. The first-order valence-electron chi connectivity index (χ1n) is 13.8. The van der Waals surface area contributed by atoms with Gasteiger partial charge in [-0.3, -0.25) is 9.67 Å². The van der Waals surface area contributed by atoms with Crippen LogP contribution < -0.4 is 0 Å². The van der Waals surface area contributed by atoms with Crippen molar-refractivity contribution in [3.05, 3.63) is 76.9 Å². The van der Waals surface area contributed by atoms with Crippen LogP contribution >= 0.6 is 11.8 Å². The van der Waals surface area contributed by atoms with Gasteiger partial charge in [-0.25, -0.2) is 4.39 Å². The number of rotatable bonds is 7. The van der Waals surface area contributed by atoms with E-state index in [-0.39, 0.29) is 5.82 Å². The zero-order chi connectivity index (χ0) is 27.8. The summed E-state index contributed by atoms with van der Waals surface area (Å²) in [5, 5.41) is 15.0. The third-order valence-electron chi connectivity index (χ3n) is 7.77. The summed E-state index contributed by atoms with van der Waals surface area (Å²) in [6.07, 6.45) is 3.23. The van der Waals surface area contributed by atoms with Gasteiger partial charge in [0.2, 0.25) is 0 Å². The quantitative estimate of drug-likeness (QED) is 0.188. The second kappa shape index (κ2) is 11.1. The largest absolute Gasteiger partial charge is 0.305 e. The minimum Gasteiger partial charge on any atom is -0.305 e. The van der Waals surface area contributed by atoms with Gasteiger partial charge in [-0.2, -0.15) is 5.10 Å². The predicted molar refractivity (Wildman–Crippen MR) is 159 cm³/mol. The van der Waals surface area contributed by atoms with Crippen molar-refractivity contribution in [3.63, 3.8) is 0 Å². The third-order valence-corrected chi connectivity index (χ3v) is 8.88. The van der Waals surface area contributed by atoms with Crippen molar-refractivity contribution in [2.75, 3.05) is 25.4 Å². The highest BCUT2D eigenvalue weighted by atomic mass is 32.2. The van der Waals surface area contributed by atoms with Gasteiger partial charge in [0.15, 0.2) is 11.0 Å². The van der Waals surface area contributed by atoms with Crippen molar-refractivity contribution < 1.29 is 4.39 Å². The van der Waals surface area contributed by atoms with E-state index in [9.17, 15) is 4.39 Å². The molecule has 0 saturated carbocycles. The van der Waals surface area contributed by atoms with Crippen LogP contribution in [0.4, 0.5) is 4.39 Å². The van der Waals surface area contributed by atoms with Gasteiger partial charge in [-0.15, -0.1) is 10.2 Å². The number of aromatic nitrogens is 6. The highest BCUT2D eigenvalue weighted by molar-refractivity contribution is 7.99. The standard InChI is InChI=1S/C31H34FN7S/c1-20-6-9-25-26(10-11-27(32)29(25)33-20)30-34-35-31(37(30)3)40-17-5-14-39-15-12-22-7-8-24(19-23(22)13-16-39)28-18-21(2)36-38(28)4/h6-11,18-19H,5,12-17H2,1-4H3. The van der Waals surface area contributed by atoms with E-state index < -0.39 is 0 Å². The van der Waals surface area contributed by atoms with E-state index in [2.05, 4.69) is 49.4 Å². The van der Waals surface area contributed by atoms with Crippen molar-refractivity contribution in [3.8, 4) is 22.6 Å². The summed E-state index contributed by atoms with van der Waals surface area (Å²) in [5.41, 5.74) is 8.39. The smallest absolute Gasteiger partial charge is 0.191 e. The van der Waals surface area contributed by atoms with Gasteiger partial charge in [0.1, 0.15) is 11.3 Å². The number of thioether (sulfide) groups is 1. The van der Waals surface area contributed by atoms with Crippen LogP contribution in [0, 0.1) is 19.7 Å². The van der Waals surface area contributed by atoms with Crippen molar-refractivity contribution in [1.29, 1.82) is 0 Å². The fraction of sp³-hybridized carbons (Fsp3) is 0.355. The molecule has 0 fully saturated rings. The molecule has 40 heavy (non-hydrogen) atoms. The average Bonchev–Trinajstić information content (AvgIpc) is 3.40. The summed E-state index contributed by atoms with van der Waals surface area (Å²) in [5.74, 6) is 1.37. The van der Waals surface area contributed by atoms with Gasteiger partial charge in [-0.05, 0) is 81.1 Å². The van der Waals surface area contributed by atoms with Gasteiger partial charge in [0.25, 0.3) is 0 Å². The van der Waals surface area contributed by atoms with Gasteiger partial charge < -0.3 is 9.47 Å². The second-order valence-corrected chi connectivity index (χ2v) is 11.7. The molecule has 0 N–H and O–H groups in total. The Bertz CT molecular complexity index is 1690. The van der Waals surface area contributed by atoms with Crippen LogP contribution in [0.25, 0.3) is 33.5 Å². The first-order chi connectivity index (χ1) is 19.4. The maximum atomic E-state index is 14.4. The Balaban J connectivity index is 1.06. The van der Waals surface area contributed by atoms with Gasteiger partial charge in [0.05, 0.1) is 11.4 Å². The molecule has 0 bridgehead atoms. The lowest BCUT2D eigenvalue weighted by molar-refractivity contribution is 0.289. The molecule has 6 rings (SSSR count). The Hall–Kier alpha value is -3.56. The summed E-state index contributed by atoms with van der Waals surface area (Å²) in [7, 11) is 3.99. The molecular formula is C31H34FN7S. The van der Waals surface area contributed by atoms with Crippen LogP contribution in [0.3, 0.4) is 0 Å². The summed E-state index contributed by atoms with van der Waals surface area (Å²) in [4.78, 5) is 6.98. The SMILES string of the molecule is Cc1ccc2c(-c3nnc(SCCCN4CCc5ccc(-c6cc(C)nn6C)cc5CC4)n3C)ccc(F)c2n1. The fourth-order valence-electron chi connectivity index (χ4n) is 5.64.